The van der Waals surface area contributed by atoms with Gasteiger partial charge in [-0.3, -0.25) is 9.69 Å². The monoisotopic (exact) mass is 299 g/mol. The molecule has 0 aliphatic heterocycles. The Morgan fingerprint density at radius 2 is 2.00 bits per heavy atom. The Balaban J connectivity index is 1.56. The SMILES string of the molecule is Cc1ccc(C(=O)CCN(Cc2ccsc2)C2CC2)cc1. The molecule has 0 spiro atoms. The predicted octanol–water partition coefficient (Wildman–Crippen LogP) is 4.29. The molecule has 0 unspecified atom stereocenters. The summed E-state index contributed by atoms with van der Waals surface area (Å²) in [7, 11) is 0. The van der Waals surface area contributed by atoms with E-state index in [2.05, 4.69) is 21.7 Å². The standard InChI is InChI=1S/C18H21NOS/c1-14-2-4-16(5-3-14)18(20)8-10-19(17-6-7-17)12-15-9-11-21-13-15/h2-5,9,11,13,17H,6-8,10,12H2,1H3. The lowest BCUT2D eigenvalue weighted by Gasteiger charge is -2.21. The van der Waals surface area contributed by atoms with Crippen molar-refractivity contribution in [1.82, 2.24) is 4.90 Å². The van der Waals surface area contributed by atoms with Crippen molar-refractivity contribution in [3.63, 3.8) is 0 Å². The summed E-state index contributed by atoms with van der Waals surface area (Å²) in [6.45, 7) is 3.90. The highest BCUT2D eigenvalue weighted by Crippen LogP contribution is 2.29. The van der Waals surface area contributed by atoms with Gasteiger partial charge in [-0.1, -0.05) is 29.8 Å². The fourth-order valence-electron chi connectivity index (χ4n) is 2.58. The van der Waals surface area contributed by atoms with Crippen molar-refractivity contribution in [2.45, 2.75) is 38.8 Å². The van der Waals surface area contributed by atoms with E-state index in [0.717, 1.165) is 18.7 Å². The minimum atomic E-state index is 0.256. The summed E-state index contributed by atoms with van der Waals surface area (Å²) in [5.41, 5.74) is 3.41. The maximum Gasteiger partial charge on any atom is 0.164 e. The third-order valence-corrected chi connectivity index (χ3v) is 4.76. The Hall–Kier alpha value is -1.45. The summed E-state index contributed by atoms with van der Waals surface area (Å²) < 4.78 is 0. The smallest absolute Gasteiger partial charge is 0.164 e. The van der Waals surface area contributed by atoms with Crippen molar-refractivity contribution in [2.24, 2.45) is 0 Å². The van der Waals surface area contributed by atoms with E-state index in [0.29, 0.717) is 12.5 Å². The molecule has 3 heteroatoms. The first kappa shape index (κ1) is 14.5. The fourth-order valence-corrected chi connectivity index (χ4v) is 3.24. The Morgan fingerprint density at radius 3 is 2.62 bits per heavy atom. The molecule has 0 N–H and O–H groups in total. The van der Waals surface area contributed by atoms with E-state index in [1.165, 1.54) is 24.0 Å². The lowest BCUT2D eigenvalue weighted by Crippen LogP contribution is -2.28. The summed E-state index contributed by atoms with van der Waals surface area (Å²) in [6.07, 6.45) is 3.18. The van der Waals surface area contributed by atoms with Gasteiger partial charge in [-0.05, 0) is 42.2 Å². The molecule has 1 heterocycles. The highest BCUT2D eigenvalue weighted by Gasteiger charge is 2.29. The number of aryl methyl sites for hydroxylation is 1. The molecule has 21 heavy (non-hydrogen) atoms. The van der Waals surface area contributed by atoms with Crippen LogP contribution in [0.25, 0.3) is 0 Å². The van der Waals surface area contributed by atoms with Crippen LogP contribution in [0.15, 0.2) is 41.1 Å². The normalized spacial score (nSPS) is 14.6. The number of hydrogen-bond acceptors (Lipinski definition) is 3. The van der Waals surface area contributed by atoms with Crippen LogP contribution >= 0.6 is 11.3 Å². The second kappa shape index (κ2) is 6.54. The maximum atomic E-state index is 12.3. The molecule has 0 radical (unpaired) electrons. The third-order valence-electron chi connectivity index (χ3n) is 4.03. The van der Waals surface area contributed by atoms with Crippen LogP contribution < -0.4 is 0 Å². The minimum absolute atomic E-state index is 0.256. The zero-order valence-electron chi connectivity index (χ0n) is 12.4. The molecule has 1 aliphatic carbocycles. The van der Waals surface area contributed by atoms with Crippen molar-refractivity contribution in [3.05, 3.63) is 57.8 Å². The second-order valence-corrected chi connectivity index (χ2v) is 6.65. The van der Waals surface area contributed by atoms with E-state index in [9.17, 15) is 4.79 Å². The molecule has 1 fully saturated rings. The van der Waals surface area contributed by atoms with E-state index >= 15 is 0 Å². The van der Waals surface area contributed by atoms with E-state index in [4.69, 9.17) is 0 Å². The van der Waals surface area contributed by atoms with Crippen LogP contribution in [-0.4, -0.2) is 23.3 Å². The largest absolute Gasteiger partial charge is 0.296 e. The number of hydrogen-bond donors (Lipinski definition) is 0. The topological polar surface area (TPSA) is 20.3 Å². The number of benzene rings is 1. The van der Waals surface area contributed by atoms with E-state index in [1.807, 2.05) is 31.2 Å². The van der Waals surface area contributed by atoms with Crippen LogP contribution in [0, 0.1) is 6.92 Å². The van der Waals surface area contributed by atoms with Crippen molar-refractivity contribution < 1.29 is 4.79 Å². The lowest BCUT2D eigenvalue weighted by atomic mass is 10.1. The lowest BCUT2D eigenvalue weighted by molar-refractivity contribution is 0.0960. The van der Waals surface area contributed by atoms with Crippen molar-refractivity contribution in [2.75, 3.05) is 6.54 Å². The Bertz CT molecular complexity index is 584. The third kappa shape index (κ3) is 4.02. The van der Waals surface area contributed by atoms with E-state index in [1.54, 1.807) is 11.3 Å². The van der Waals surface area contributed by atoms with Gasteiger partial charge in [0.05, 0.1) is 0 Å². The number of nitrogens with zero attached hydrogens (tertiary/aromatic N) is 1. The van der Waals surface area contributed by atoms with Gasteiger partial charge in [-0.2, -0.15) is 11.3 Å². The van der Waals surface area contributed by atoms with Crippen LogP contribution in [0.5, 0.6) is 0 Å². The van der Waals surface area contributed by atoms with Gasteiger partial charge in [0.15, 0.2) is 5.78 Å². The van der Waals surface area contributed by atoms with Gasteiger partial charge in [0.2, 0.25) is 0 Å². The predicted molar refractivity (Wildman–Crippen MR) is 87.9 cm³/mol. The Kier molecular flexibility index (Phi) is 4.51. The molecule has 0 saturated heterocycles. The summed E-state index contributed by atoms with van der Waals surface area (Å²) in [6, 6.07) is 10.8. The van der Waals surface area contributed by atoms with Crippen LogP contribution in [-0.2, 0) is 6.54 Å². The molecule has 0 amide bonds. The number of thiophene rings is 1. The van der Waals surface area contributed by atoms with E-state index < -0.39 is 0 Å². The first-order valence-corrected chi connectivity index (χ1v) is 8.51. The average molecular weight is 299 g/mol. The molecule has 1 aromatic carbocycles. The fraction of sp³-hybridized carbons (Fsp3) is 0.389. The van der Waals surface area contributed by atoms with Crippen molar-refractivity contribution in [1.29, 1.82) is 0 Å². The Labute approximate surface area is 130 Å². The first-order valence-electron chi connectivity index (χ1n) is 7.57. The summed E-state index contributed by atoms with van der Waals surface area (Å²) in [4.78, 5) is 14.7. The van der Waals surface area contributed by atoms with Gasteiger partial charge >= 0.3 is 0 Å². The zero-order valence-corrected chi connectivity index (χ0v) is 13.2. The molecule has 2 aromatic rings. The van der Waals surface area contributed by atoms with Crippen LogP contribution in [0.1, 0.15) is 40.7 Å². The molecule has 0 bridgehead atoms. The average Bonchev–Trinajstić information content (AvgIpc) is 3.21. The second-order valence-electron chi connectivity index (χ2n) is 5.87. The number of rotatable bonds is 7. The van der Waals surface area contributed by atoms with Crippen LogP contribution in [0.4, 0.5) is 0 Å². The quantitative estimate of drug-likeness (QED) is 0.711. The minimum Gasteiger partial charge on any atom is -0.296 e. The van der Waals surface area contributed by atoms with Gasteiger partial charge in [0, 0.05) is 31.1 Å². The summed E-state index contributed by atoms with van der Waals surface area (Å²) in [5, 5.41) is 4.33. The number of ketones is 1. The zero-order chi connectivity index (χ0) is 14.7. The highest BCUT2D eigenvalue weighted by atomic mass is 32.1. The van der Waals surface area contributed by atoms with Crippen molar-refractivity contribution >= 4 is 17.1 Å². The summed E-state index contributed by atoms with van der Waals surface area (Å²) >= 11 is 1.74. The molecule has 3 rings (SSSR count). The highest BCUT2D eigenvalue weighted by molar-refractivity contribution is 7.07. The molecular weight excluding hydrogens is 278 g/mol. The maximum absolute atomic E-state index is 12.3. The Morgan fingerprint density at radius 1 is 1.24 bits per heavy atom. The molecule has 0 atom stereocenters. The number of carbonyl (C=O) groups is 1. The van der Waals surface area contributed by atoms with Crippen LogP contribution in [0.2, 0.25) is 0 Å². The van der Waals surface area contributed by atoms with Crippen LogP contribution in [0.3, 0.4) is 0 Å². The van der Waals surface area contributed by atoms with Gasteiger partial charge in [0.1, 0.15) is 0 Å². The summed E-state index contributed by atoms with van der Waals surface area (Å²) in [5.74, 6) is 0.256. The molecule has 2 nitrogen and oxygen atoms in total. The molecule has 1 aromatic heterocycles. The van der Waals surface area contributed by atoms with Gasteiger partial charge in [-0.25, -0.2) is 0 Å². The van der Waals surface area contributed by atoms with Gasteiger partial charge in [0.25, 0.3) is 0 Å². The molecule has 1 saturated carbocycles. The van der Waals surface area contributed by atoms with E-state index in [-0.39, 0.29) is 5.78 Å². The van der Waals surface area contributed by atoms with Gasteiger partial charge in [-0.15, -0.1) is 0 Å². The van der Waals surface area contributed by atoms with Crippen molar-refractivity contribution in [3.8, 4) is 0 Å². The number of Topliss-reactive ketones (excluding diaryl/α,β-unsaturated/α-hetero) is 1. The molecule has 1 aliphatic rings. The molecule has 110 valence electrons. The first-order chi connectivity index (χ1) is 10.2. The van der Waals surface area contributed by atoms with Gasteiger partial charge < -0.3 is 0 Å². The number of carbonyl (C=O) groups excluding carboxylic acids is 1. The molecular formula is C18H21NOS.